The molecule has 1 heterocycles. The zero-order chi connectivity index (χ0) is 10.7. The Balaban J connectivity index is 2.62. The van der Waals surface area contributed by atoms with E-state index in [1.165, 1.54) is 0 Å². The molecule has 14 heavy (non-hydrogen) atoms. The van der Waals surface area contributed by atoms with Crippen molar-refractivity contribution in [3.8, 4) is 0 Å². The zero-order valence-corrected chi connectivity index (χ0v) is 8.63. The molecule has 1 aliphatic heterocycles. The Labute approximate surface area is 83.9 Å². The number of rotatable bonds is 3. The Morgan fingerprint density at radius 1 is 1.14 bits per heavy atom. The molecule has 0 aliphatic carbocycles. The Morgan fingerprint density at radius 2 is 1.71 bits per heavy atom. The van der Waals surface area contributed by atoms with E-state index in [1.807, 2.05) is 18.7 Å². The zero-order valence-electron chi connectivity index (χ0n) is 8.63. The van der Waals surface area contributed by atoms with Gasteiger partial charge in [0.05, 0.1) is 6.61 Å². The second-order valence-corrected chi connectivity index (χ2v) is 3.49. The summed E-state index contributed by atoms with van der Waals surface area (Å²) in [5.74, 6) is 0. The highest BCUT2D eigenvalue weighted by Gasteiger charge is 2.39. The van der Waals surface area contributed by atoms with Gasteiger partial charge >= 0.3 is 0 Å². The van der Waals surface area contributed by atoms with Gasteiger partial charge in [0.1, 0.15) is 24.5 Å². The maximum Gasteiger partial charge on any atom is 0.139 e. The van der Waals surface area contributed by atoms with Crippen LogP contribution >= 0.6 is 0 Å². The molecule has 0 aromatic rings. The normalized spacial score (nSPS) is 39.0. The van der Waals surface area contributed by atoms with E-state index in [9.17, 15) is 15.3 Å². The highest BCUT2D eigenvalue weighted by atomic mass is 16.5. The molecule has 1 fully saturated rings. The molecule has 4 atom stereocenters. The number of hydrogen-bond donors (Lipinski definition) is 3. The van der Waals surface area contributed by atoms with Crippen molar-refractivity contribution >= 4 is 0 Å². The third-order valence-electron chi connectivity index (χ3n) is 2.65. The monoisotopic (exact) mass is 205 g/mol. The number of ether oxygens (including phenoxy) is 1. The minimum atomic E-state index is -1.12. The molecule has 0 radical (unpaired) electrons. The average Bonchev–Trinajstić information content (AvgIpc) is 2.19. The number of hydrogen-bond acceptors (Lipinski definition) is 5. The van der Waals surface area contributed by atoms with Gasteiger partial charge in [0.25, 0.3) is 0 Å². The van der Waals surface area contributed by atoms with Crippen LogP contribution in [0.25, 0.3) is 0 Å². The van der Waals surface area contributed by atoms with Crippen LogP contribution in [0.5, 0.6) is 0 Å². The lowest BCUT2D eigenvalue weighted by Crippen LogP contribution is -2.58. The summed E-state index contributed by atoms with van der Waals surface area (Å²) >= 11 is 0. The van der Waals surface area contributed by atoms with Crippen LogP contribution in [0.2, 0.25) is 0 Å². The second kappa shape index (κ2) is 5.04. The molecule has 3 N–H and O–H groups in total. The molecule has 84 valence electrons. The van der Waals surface area contributed by atoms with E-state index in [-0.39, 0.29) is 6.61 Å². The van der Waals surface area contributed by atoms with Crippen molar-refractivity contribution in [1.29, 1.82) is 0 Å². The Hall–Kier alpha value is -0.200. The summed E-state index contributed by atoms with van der Waals surface area (Å²) in [7, 11) is 0. The maximum atomic E-state index is 9.66. The van der Waals surface area contributed by atoms with Gasteiger partial charge in [0, 0.05) is 0 Å². The van der Waals surface area contributed by atoms with Gasteiger partial charge in [-0.1, -0.05) is 13.8 Å². The van der Waals surface area contributed by atoms with Crippen molar-refractivity contribution in [2.45, 2.75) is 38.4 Å². The largest absolute Gasteiger partial charge is 0.388 e. The first kappa shape index (κ1) is 11.9. The molecule has 0 aromatic carbocycles. The first-order valence-corrected chi connectivity index (χ1v) is 5.01. The summed E-state index contributed by atoms with van der Waals surface area (Å²) in [5.41, 5.74) is 0. The SMILES string of the molecule is CCN(CC)C1OC[C@@H](O)[C@H](O)[C@H]1O. The molecule has 0 aromatic heterocycles. The van der Waals surface area contributed by atoms with Gasteiger partial charge in [-0.3, -0.25) is 4.90 Å². The summed E-state index contributed by atoms with van der Waals surface area (Å²) in [6.07, 6.45) is -3.66. The van der Waals surface area contributed by atoms with E-state index in [4.69, 9.17) is 4.74 Å². The van der Waals surface area contributed by atoms with E-state index in [1.54, 1.807) is 0 Å². The number of likely N-dealkylation sites (N-methyl/N-ethyl adjacent to an activating group) is 1. The molecule has 1 rings (SSSR count). The predicted molar refractivity (Wildman–Crippen MR) is 50.7 cm³/mol. The van der Waals surface area contributed by atoms with Crippen molar-refractivity contribution < 1.29 is 20.1 Å². The molecular formula is C9H19NO4. The van der Waals surface area contributed by atoms with Gasteiger partial charge in [-0.15, -0.1) is 0 Å². The van der Waals surface area contributed by atoms with Crippen molar-refractivity contribution in [2.24, 2.45) is 0 Å². The van der Waals surface area contributed by atoms with Gasteiger partial charge in [-0.25, -0.2) is 0 Å². The fourth-order valence-corrected chi connectivity index (χ4v) is 1.70. The summed E-state index contributed by atoms with van der Waals surface area (Å²) in [4.78, 5) is 1.90. The Morgan fingerprint density at radius 3 is 2.21 bits per heavy atom. The molecule has 0 saturated carbocycles. The average molecular weight is 205 g/mol. The topological polar surface area (TPSA) is 73.2 Å². The predicted octanol–water partition coefficient (Wildman–Crippen LogP) is -1.23. The molecule has 0 bridgehead atoms. The molecule has 0 spiro atoms. The lowest BCUT2D eigenvalue weighted by Gasteiger charge is -2.40. The van der Waals surface area contributed by atoms with Crippen LogP contribution in [0.4, 0.5) is 0 Å². The van der Waals surface area contributed by atoms with Crippen LogP contribution in [0.3, 0.4) is 0 Å². The lowest BCUT2D eigenvalue weighted by molar-refractivity contribution is -0.227. The van der Waals surface area contributed by atoms with Gasteiger partial charge in [-0.2, -0.15) is 0 Å². The van der Waals surface area contributed by atoms with Crippen LogP contribution in [-0.2, 0) is 4.74 Å². The van der Waals surface area contributed by atoms with E-state index < -0.39 is 24.5 Å². The van der Waals surface area contributed by atoms with E-state index in [2.05, 4.69) is 0 Å². The highest BCUT2D eigenvalue weighted by molar-refractivity contribution is 4.86. The van der Waals surface area contributed by atoms with Gasteiger partial charge in [0.2, 0.25) is 0 Å². The van der Waals surface area contributed by atoms with Crippen LogP contribution in [-0.4, -0.2) is 64.5 Å². The molecule has 5 heteroatoms. The van der Waals surface area contributed by atoms with E-state index in [0.717, 1.165) is 13.1 Å². The molecule has 1 aliphatic rings. The quantitative estimate of drug-likeness (QED) is 0.538. The van der Waals surface area contributed by atoms with Gasteiger partial charge < -0.3 is 20.1 Å². The van der Waals surface area contributed by atoms with Crippen LogP contribution in [0.15, 0.2) is 0 Å². The van der Waals surface area contributed by atoms with Gasteiger partial charge in [-0.05, 0) is 13.1 Å². The number of aliphatic hydroxyl groups excluding tert-OH is 3. The maximum absolute atomic E-state index is 9.66. The summed E-state index contributed by atoms with van der Waals surface area (Å²) < 4.78 is 5.28. The van der Waals surface area contributed by atoms with Gasteiger partial charge in [0.15, 0.2) is 0 Å². The number of nitrogens with zero attached hydrogens (tertiary/aromatic N) is 1. The van der Waals surface area contributed by atoms with Crippen LogP contribution < -0.4 is 0 Å². The fourth-order valence-electron chi connectivity index (χ4n) is 1.70. The third kappa shape index (κ3) is 2.24. The molecule has 0 amide bonds. The molecular weight excluding hydrogens is 186 g/mol. The lowest BCUT2D eigenvalue weighted by atomic mass is 10.0. The van der Waals surface area contributed by atoms with Crippen molar-refractivity contribution in [2.75, 3.05) is 19.7 Å². The van der Waals surface area contributed by atoms with Crippen LogP contribution in [0.1, 0.15) is 13.8 Å². The third-order valence-corrected chi connectivity index (χ3v) is 2.65. The van der Waals surface area contributed by atoms with E-state index >= 15 is 0 Å². The summed E-state index contributed by atoms with van der Waals surface area (Å²) in [6.45, 7) is 5.45. The smallest absolute Gasteiger partial charge is 0.139 e. The van der Waals surface area contributed by atoms with Crippen molar-refractivity contribution in [1.82, 2.24) is 4.90 Å². The fraction of sp³-hybridized carbons (Fsp3) is 1.00. The Bertz CT molecular complexity index is 174. The standard InChI is InChI=1S/C9H19NO4/c1-3-10(4-2)9-8(13)7(12)6(11)5-14-9/h6-9,11-13H,3-5H2,1-2H3/t6-,7+,8-,9?/m1/s1. The first-order chi connectivity index (χ1) is 6.61. The Kier molecular flexibility index (Phi) is 4.28. The number of aliphatic hydroxyl groups is 3. The van der Waals surface area contributed by atoms with Crippen LogP contribution in [0, 0.1) is 0 Å². The second-order valence-electron chi connectivity index (χ2n) is 3.49. The molecule has 5 nitrogen and oxygen atoms in total. The minimum Gasteiger partial charge on any atom is -0.388 e. The van der Waals surface area contributed by atoms with Crippen molar-refractivity contribution in [3.63, 3.8) is 0 Å². The minimum absolute atomic E-state index is 0.0688. The first-order valence-electron chi connectivity index (χ1n) is 5.01. The summed E-state index contributed by atoms with van der Waals surface area (Å²) in [5, 5.41) is 28.4. The van der Waals surface area contributed by atoms with E-state index in [0.29, 0.717) is 0 Å². The molecule has 1 unspecified atom stereocenters. The molecule has 1 saturated heterocycles. The summed E-state index contributed by atoms with van der Waals surface area (Å²) in [6, 6.07) is 0. The van der Waals surface area contributed by atoms with Crippen molar-refractivity contribution in [3.05, 3.63) is 0 Å². The highest BCUT2D eigenvalue weighted by Crippen LogP contribution is 2.18.